The number of ether oxygens (including phenoxy) is 1. The van der Waals surface area contributed by atoms with Crippen molar-refractivity contribution in [1.82, 2.24) is 0 Å². The molecule has 0 saturated carbocycles. The molecule has 0 saturated heterocycles. The summed E-state index contributed by atoms with van der Waals surface area (Å²) in [5, 5.41) is 0. The van der Waals surface area contributed by atoms with Crippen LogP contribution in [0.3, 0.4) is 0 Å². The molecule has 10 heavy (non-hydrogen) atoms. The van der Waals surface area contributed by atoms with Crippen LogP contribution in [0.25, 0.3) is 0 Å². The summed E-state index contributed by atoms with van der Waals surface area (Å²) in [7, 11) is 0. The van der Waals surface area contributed by atoms with E-state index < -0.39 is 0 Å². The lowest BCUT2D eigenvalue weighted by Gasteiger charge is -2.07. The van der Waals surface area contributed by atoms with Gasteiger partial charge < -0.3 is 4.74 Å². The minimum Gasteiger partial charge on any atom is -0.464 e. The summed E-state index contributed by atoms with van der Waals surface area (Å²) in [5.74, 6) is -0.259. The molecule has 0 fully saturated rings. The lowest BCUT2D eigenvalue weighted by Crippen LogP contribution is -2.11. The average Bonchev–Trinajstić information content (AvgIpc) is 1.82. The Hall–Kier alpha value is -0.310. The number of esters is 1. The summed E-state index contributed by atoms with van der Waals surface area (Å²) >= 11 is 3.29. The summed E-state index contributed by atoms with van der Waals surface area (Å²) in [6.45, 7) is 7.33. The van der Waals surface area contributed by atoms with Gasteiger partial charge in [0.05, 0.1) is 4.83 Å². The lowest BCUT2D eigenvalue weighted by atomic mass is 10.3. The van der Waals surface area contributed by atoms with E-state index in [1.54, 1.807) is 0 Å². The molecule has 0 aliphatic rings. The molecule has 58 valence electrons. The van der Waals surface area contributed by atoms with Crippen molar-refractivity contribution in [2.24, 2.45) is 0 Å². The number of alkyl halides is 1. The van der Waals surface area contributed by atoms with Crippen molar-refractivity contribution in [3.63, 3.8) is 0 Å². The Bertz CT molecular complexity index is 143. The lowest BCUT2D eigenvalue weighted by molar-refractivity contribution is -0.140. The molecule has 1 atom stereocenters. The summed E-state index contributed by atoms with van der Waals surface area (Å²) in [6.07, 6.45) is 0. The average molecular weight is 207 g/mol. The van der Waals surface area contributed by atoms with Gasteiger partial charge in [-0.1, -0.05) is 28.1 Å². The molecule has 0 rings (SSSR count). The molecule has 0 spiro atoms. The van der Waals surface area contributed by atoms with Crippen LogP contribution in [-0.2, 0) is 9.53 Å². The Morgan fingerprint density at radius 2 is 2.20 bits per heavy atom. The van der Waals surface area contributed by atoms with E-state index in [0.717, 1.165) is 5.57 Å². The van der Waals surface area contributed by atoms with Crippen LogP contribution < -0.4 is 0 Å². The Morgan fingerprint density at radius 1 is 1.70 bits per heavy atom. The highest BCUT2D eigenvalue weighted by Gasteiger charge is 2.05. The second-order valence-corrected chi connectivity index (χ2v) is 3.22. The van der Waals surface area contributed by atoms with Crippen molar-refractivity contribution in [3.8, 4) is 0 Å². The topological polar surface area (TPSA) is 26.3 Å². The van der Waals surface area contributed by atoms with Gasteiger partial charge in [0.2, 0.25) is 0 Å². The largest absolute Gasteiger partial charge is 0.464 e. The molecule has 0 aromatic carbocycles. The van der Waals surface area contributed by atoms with E-state index in [9.17, 15) is 4.79 Å². The first-order chi connectivity index (χ1) is 4.54. The third kappa shape index (κ3) is 4.56. The zero-order valence-electron chi connectivity index (χ0n) is 6.19. The van der Waals surface area contributed by atoms with Gasteiger partial charge in [-0.25, -0.2) is 0 Å². The minimum atomic E-state index is -0.259. The number of hydrogen-bond acceptors (Lipinski definition) is 2. The van der Waals surface area contributed by atoms with Crippen molar-refractivity contribution < 1.29 is 9.53 Å². The molecular weight excluding hydrogens is 196 g/mol. The molecule has 1 unspecified atom stereocenters. The highest BCUT2D eigenvalue weighted by molar-refractivity contribution is 9.09. The van der Waals surface area contributed by atoms with Crippen LogP contribution in [0.4, 0.5) is 0 Å². The summed E-state index contributed by atoms with van der Waals surface area (Å²) in [5.41, 5.74) is 0.959. The summed E-state index contributed by atoms with van der Waals surface area (Å²) in [4.78, 5) is 10.4. The third-order valence-corrected chi connectivity index (χ3v) is 2.01. The number of halogens is 1. The fraction of sp³-hybridized carbons (Fsp3) is 0.571. The second-order valence-electron chi connectivity index (χ2n) is 2.12. The van der Waals surface area contributed by atoms with E-state index in [1.807, 2.05) is 6.92 Å². The van der Waals surface area contributed by atoms with Gasteiger partial charge in [-0.3, -0.25) is 4.79 Å². The molecule has 0 aliphatic heterocycles. The van der Waals surface area contributed by atoms with Crippen molar-refractivity contribution in [3.05, 3.63) is 12.2 Å². The first-order valence-corrected chi connectivity index (χ1v) is 3.88. The fourth-order valence-corrected chi connectivity index (χ4v) is 0.465. The van der Waals surface area contributed by atoms with E-state index in [4.69, 9.17) is 4.74 Å². The van der Waals surface area contributed by atoms with Crippen LogP contribution in [-0.4, -0.2) is 17.4 Å². The van der Waals surface area contributed by atoms with Gasteiger partial charge in [-0.05, 0) is 6.92 Å². The molecule has 0 radical (unpaired) electrons. The van der Waals surface area contributed by atoms with Crippen LogP contribution >= 0.6 is 15.9 Å². The maximum absolute atomic E-state index is 10.3. The van der Waals surface area contributed by atoms with Gasteiger partial charge in [0.1, 0.15) is 6.61 Å². The van der Waals surface area contributed by atoms with E-state index in [0.29, 0.717) is 6.61 Å². The molecule has 0 aliphatic carbocycles. The van der Waals surface area contributed by atoms with Gasteiger partial charge in [0.25, 0.3) is 0 Å². The number of carbonyl (C=O) groups excluding carboxylic acids is 1. The van der Waals surface area contributed by atoms with E-state index in [-0.39, 0.29) is 10.8 Å². The monoisotopic (exact) mass is 206 g/mol. The van der Waals surface area contributed by atoms with Crippen molar-refractivity contribution >= 4 is 21.9 Å². The standard InChI is InChI=1S/C7H11BrO2/c1-5(2)7(8)4-10-6(3)9/h7H,1,4H2,2-3H3. The maximum Gasteiger partial charge on any atom is 0.302 e. The third-order valence-electron chi connectivity index (χ3n) is 0.968. The molecule has 0 aromatic heterocycles. The van der Waals surface area contributed by atoms with Crippen LogP contribution in [0.2, 0.25) is 0 Å². The highest BCUT2D eigenvalue weighted by Crippen LogP contribution is 2.09. The number of hydrogen-bond donors (Lipinski definition) is 0. The molecular formula is C7H11BrO2. The predicted molar refractivity (Wildman–Crippen MR) is 44.2 cm³/mol. The normalized spacial score (nSPS) is 12.3. The van der Waals surface area contributed by atoms with Crippen LogP contribution in [0.15, 0.2) is 12.2 Å². The van der Waals surface area contributed by atoms with Crippen LogP contribution in [0, 0.1) is 0 Å². The smallest absolute Gasteiger partial charge is 0.302 e. The molecule has 0 amide bonds. The Labute approximate surface area is 69.4 Å². The second kappa shape index (κ2) is 4.50. The summed E-state index contributed by atoms with van der Waals surface area (Å²) in [6, 6.07) is 0. The quantitative estimate of drug-likeness (QED) is 0.401. The van der Waals surface area contributed by atoms with E-state index in [2.05, 4.69) is 22.5 Å². The van der Waals surface area contributed by atoms with Crippen LogP contribution in [0.1, 0.15) is 13.8 Å². The van der Waals surface area contributed by atoms with Gasteiger partial charge in [-0.15, -0.1) is 0 Å². The van der Waals surface area contributed by atoms with E-state index >= 15 is 0 Å². The first kappa shape index (κ1) is 9.69. The molecule has 0 heterocycles. The fourth-order valence-electron chi connectivity index (χ4n) is 0.333. The zero-order valence-corrected chi connectivity index (χ0v) is 7.77. The van der Waals surface area contributed by atoms with Gasteiger partial charge in [0.15, 0.2) is 0 Å². The minimum absolute atomic E-state index is 0.0800. The highest BCUT2D eigenvalue weighted by atomic mass is 79.9. The first-order valence-electron chi connectivity index (χ1n) is 2.97. The molecule has 0 aromatic rings. The van der Waals surface area contributed by atoms with Crippen LogP contribution in [0.5, 0.6) is 0 Å². The predicted octanol–water partition coefficient (Wildman–Crippen LogP) is 1.89. The van der Waals surface area contributed by atoms with Gasteiger partial charge in [-0.2, -0.15) is 0 Å². The zero-order chi connectivity index (χ0) is 8.15. The molecule has 2 nitrogen and oxygen atoms in total. The van der Waals surface area contributed by atoms with Crippen molar-refractivity contribution in [1.29, 1.82) is 0 Å². The Balaban J connectivity index is 3.49. The number of carbonyl (C=O) groups is 1. The van der Waals surface area contributed by atoms with E-state index in [1.165, 1.54) is 6.92 Å². The Morgan fingerprint density at radius 3 is 2.50 bits per heavy atom. The van der Waals surface area contributed by atoms with Crippen molar-refractivity contribution in [2.45, 2.75) is 18.7 Å². The van der Waals surface area contributed by atoms with Crippen molar-refractivity contribution in [2.75, 3.05) is 6.61 Å². The van der Waals surface area contributed by atoms with Gasteiger partial charge >= 0.3 is 5.97 Å². The SMILES string of the molecule is C=C(C)C(Br)COC(C)=O. The molecule has 0 bridgehead atoms. The molecule has 0 N–H and O–H groups in total. The number of rotatable bonds is 3. The molecule has 3 heteroatoms. The van der Waals surface area contributed by atoms with Gasteiger partial charge in [0, 0.05) is 6.92 Å². The Kier molecular flexibility index (Phi) is 4.36. The maximum atomic E-state index is 10.3. The summed E-state index contributed by atoms with van der Waals surface area (Å²) < 4.78 is 4.72.